The van der Waals surface area contributed by atoms with Gasteiger partial charge in [0.1, 0.15) is 16.5 Å². The number of anilines is 1. The number of fused-ring (bicyclic) bond motifs is 3. The average molecular weight is 371 g/mol. The molecule has 2 aliphatic carbocycles. The highest BCUT2D eigenvalue weighted by Gasteiger charge is 2.31. The summed E-state index contributed by atoms with van der Waals surface area (Å²) in [5, 5.41) is 1.33. The van der Waals surface area contributed by atoms with E-state index >= 15 is 0 Å². The fourth-order valence-corrected chi connectivity index (χ4v) is 5.58. The lowest BCUT2D eigenvalue weighted by atomic mass is 10.1. The summed E-state index contributed by atoms with van der Waals surface area (Å²) in [6, 6.07) is 0. The maximum absolute atomic E-state index is 11.7. The first-order valence-corrected chi connectivity index (χ1v) is 10.8. The van der Waals surface area contributed by atoms with Gasteiger partial charge in [-0.15, -0.1) is 11.3 Å². The van der Waals surface area contributed by atoms with Crippen LogP contribution in [0.3, 0.4) is 0 Å². The lowest BCUT2D eigenvalue weighted by Gasteiger charge is -2.35. The van der Waals surface area contributed by atoms with E-state index in [9.17, 15) is 4.79 Å². The number of hydrogen-bond donors (Lipinski definition) is 0. The summed E-state index contributed by atoms with van der Waals surface area (Å²) < 4.78 is 0. The maximum atomic E-state index is 11.7. The van der Waals surface area contributed by atoms with Crippen molar-refractivity contribution in [2.75, 3.05) is 31.1 Å². The lowest BCUT2D eigenvalue weighted by Crippen LogP contribution is -2.48. The largest absolute Gasteiger partial charge is 0.352 e. The van der Waals surface area contributed by atoms with Crippen LogP contribution in [0.1, 0.15) is 61.2 Å². The zero-order chi connectivity index (χ0) is 17.7. The molecule has 26 heavy (non-hydrogen) atoms. The summed E-state index contributed by atoms with van der Waals surface area (Å²) in [6.45, 7) is 5.02. The molecule has 1 amide bonds. The molecule has 0 N–H and O–H groups in total. The van der Waals surface area contributed by atoms with Crippen LogP contribution in [0.2, 0.25) is 0 Å². The molecule has 0 aromatic carbocycles. The molecule has 0 atom stereocenters. The van der Waals surface area contributed by atoms with Crippen LogP contribution in [-0.2, 0) is 17.6 Å². The molecular weight excluding hydrogens is 344 g/mol. The zero-order valence-corrected chi connectivity index (χ0v) is 16.3. The molecule has 5 nitrogen and oxygen atoms in total. The second kappa shape index (κ2) is 6.48. The number of nitrogens with zero attached hydrogens (tertiary/aromatic N) is 4. The van der Waals surface area contributed by atoms with Gasteiger partial charge in [-0.3, -0.25) is 4.79 Å². The quantitative estimate of drug-likeness (QED) is 0.759. The molecule has 0 bridgehead atoms. The first kappa shape index (κ1) is 16.5. The highest BCUT2D eigenvalue weighted by Crippen LogP contribution is 2.44. The average Bonchev–Trinajstić information content (AvgIpc) is 3.46. The molecule has 1 aliphatic heterocycles. The second-order valence-electron chi connectivity index (χ2n) is 7.92. The van der Waals surface area contributed by atoms with Crippen molar-refractivity contribution >= 4 is 33.3 Å². The molecule has 6 heteroatoms. The predicted octanol–water partition coefficient (Wildman–Crippen LogP) is 3.51. The minimum atomic E-state index is 0.181. The van der Waals surface area contributed by atoms with Gasteiger partial charge in [-0.2, -0.15) is 0 Å². The molecule has 0 spiro atoms. The predicted molar refractivity (Wildman–Crippen MR) is 105 cm³/mol. The molecule has 1 saturated carbocycles. The van der Waals surface area contributed by atoms with E-state index in [2.05, 4.69) is 4.90 Å². The van der Waals surface area contributed by atoms with Gasteiger partial charge in [-0.25, -0.2) is 9.97 Å². The van der Waals surface area contributed by atoms with Crippen LogP contribution in [0, 0.1) is 0 Å². The first-order valence-electron chi connectivity index (χ1n) is 10.0. The zero-order valence-electron chi connectivity index (χ0n) is 15.5. The van der Waals surface area contributed by atoms with Gasteiger partial charge in [0.05, 0.1) is 5.39 Å². The molecule has 3 heterocycles. The van der Waals surface area contributed by atoms with E-state index < -0.39 is 0 Å². The van der Waals surface area contributed by atoms with Gasteiger partial charge < -0.3 is 9.80 Å². The summed E-state index contributed by atoms with van der Waals surface area (Å²) in [6.07, 6.45) is 8.74. The SMILES string of the molecule is CC(=O)N1CCN(c2nc(C3CC3)nc3sc4c(c23)CCCCC4)CC1. The van der Waals surface area contributed by atoms with Crippen LogP contribution < -0.4 is 4.90 Å². The van der Waals surface area contributed by atoms with Gasteiger partial charge in [0.2, 0.25) is 5.91 Å². The van der Waals surface area contributed by atoms with Gasteiger partial charge in [-0.1, -0.05) is 6.42 Å². The second-order valence-corrected chi connectivity index (χ2v) is 9.00. The summed E-state index contributed by atoms with van der Waals surface area (Å²) in [5.41, 5.74) is 1.52. The third kappa shape index (κ3) is 2.88. The van der Waals surface area contributed by atoms with Crippen molar-refractivity contribution in [2.45, 2.75) is 57.8 Å². The Kier molecular flexibility index (Phi) is 4.11. The Hall–Kier alpha value is -1.69. The smallest absolute Gasteiger partial charge is 0.219 e. The van der Waals surface area contributed by atoms with Crippen molar-refractivity contribution in [1.29, 1.82) is 0 Å². The van der Waals surface area contributed by atoms with Crippen molar-refractivity contribution in [3.05, 3.63) is 16.3 Å². The Labute approximate surface area is 158 Å². The van der Waals surface area contributed by atoms with Crippen molar-refractivity contribution in [1.82, 2.24) is 14.9 Å². The number of amides is 1. The lowest BCUT2D eigenvalue weighted by molar-refractivity contribution is -0.129. The molecule has 138 valence electrons. The Bertz CT molecular complexity index is 849. The van der Waals surface area contributed by atoms with Gasteiger partial charge in [-0.05, 0) is 44.1 Å². The Morgan fingerprint density at radius 1 is 1.04 bits per heavy atom. The van der Waals surface area contributed by atoms with Gasteiger partial charge in [0.25, 0.3) is 0 Å². The normalized spacial score (nSPS) is 21.0. The van der Waals surface area contributed by atoms with Crippen LogP contribution in [-0.4, -0.2) is 47.0 Å². The van der Waals surface area contributed by atoms with Gasteiger partial charge >= 0.3 is 0 Å². The molecule has 2 aromatic heterocycles. The molecular formula is C20H26N4OS. The van der Waals surface area contributed by atoms with Crippen LogP contribution in [0.25, 0.3) is 10.2 Å². The van der Waals surface area contributed by atoms with Crippen molar-refractivity contribution in [3.63, 3.8) is 0 Å². The minimum absolute atomic E-state index is 0.181. The number of carbonyl (C=O) groups excluding carboxylic acids is 1. The number of hydrogen-bond acceptors (Lipinski definition) is 5. The van der Waals surface area contributed by atoms with E-state index in [1.807, 2.05) is 16.2 Å². The number of aromatic nitrogens is 2. The number of carbonyl (C=O) groups is 1. The van der Waals surface area contributed by atoms with Crippen LogP contribution >= 0.6 is 11.3 Å². The number of thiophene rings is 1. The van der Waals surface area contributed by atoms with E-state index in [0.29, 0.717) is 5.92 Å². The molecule has 3 aliphatic rings. The molecule has 2 fully saturated rings. The highest BCUT2D eigenvalue weighted by atomic mass is 32.1. The molecule has 0 radical (unpaired) electrons. The van der Waals surface area contributed by atoms with E-state index in [1.165, 1.54) is 60.7 Å². The fourth-order valence-electron chi connectivity index (χ4n) is 4.32. The van der Waals surface area contributed by atoms with E-state index in [0.717, 1.165) is 37.8 Å². The number of aryl methyl sites for hydroxylation is 2. The van der Waals surface area contributed by atoms with Crippen molar-refractivity contribution in [2.24, 2.45) is 0 Å². The third-order valence-electron chi connectivity index (χ3n) is 6.03. The van der Waals surface area contributed by atoms with Crippen molar-refractivity contribution in [3.8, 4) is 0 Å². The Morgan fingerprint density at radius 3 is 2.54 bits per heavy atom. The Balaban J connectivity index is 1.58. The summed E-state index contributed by atoms with van der Waals surface area (Å²) in [7, 11) is 0. The van der Waals surface area contributed by atoms with E-state index in [4.69, 9.17) is 9.97 Å². The van der Waals surface area contributed by atoms with Gasteiger partial charge in [0, 0.05) is 43.9 Å². The van der Waals surface area contributed by atoms with Crippen molar-refractivity contribution < 1.29 is 4.79 Å². The van der Waals surface area contributed by atoms with Gasteiger partial charge in [0.15, 0.2) is 0 Å². The number of rotatable bonds is 2. The van der Waals surface area contributed by atoms with Crippen LogP contribution in [0.5, 0.6) is 0 Å². The number of piperazine rings is 1. The maximum Gasteiger partial charge on any atom is 0.219 e. The summed E-state index contributed by atoms with van der Waals surface area (Å²) in [4.78, 5) is 28.9. The fraction of sp³-hybridized carbons (Fsp3) is 0.650. The standard InChI is InChI=1S/C20H26N4OS/c1-13(25)23-9-11-24(12-10-23)19-17-15-5-3-2-4-6-16(15)26-20(17)22-18(21-19)14-7-8-14/h14H,2-12H2,1H3. The molecule has 5 rings (SSSR count). The third-order valence-corrected chi connectivity index (χ3v) is 7.22. The highest BCUT2D eigenvalue weighted by molar-refractivity contribution is 7.19. The minimum Gasteiger partial charge on any atom is -0.352 e. The van der Waals surface area contributed by atoms with E-state index in [1.54, 1.807) is 11.8 Å². The monoisotopic (exact) mass is 370 g/mol. The molecule has 0 unspecified atom stereocenters. The van der Waals surface area contributed by atoms with E-state index in [-0.39, 0.29) is 5.91 Å². The summed E-state index contributed by atoms with van der Waals surface area (Å²) >= 11 is 1.91. The topological polar surface area (TPSA) is 49.3 Å². The van der Waals surface area contributed by atoms with Crippen LogP contribution in [0.4, 0.5) is 5.82 Å². The first-order chi connectivity index (χ1) is 12.7. The Morgan fingerprint density at radius 2 is 1.81 bits per heavy atom. The molecule has 1 saturated heterocycles. The summed E-state index contributed by atoms with van der Waals surface area (Å²) in [5.74, 6) is 2.96. The molecule has 2 aromatic rings. The van der Waals surface area contributed by atoms with Crippen LogP contribution in [0.15, 0.2) is 0 Å².